The number of carbonyl (C=O) groups excluding carboxylic acids is 2. The molecule has 128 valence electrons. The smallest absolute Gasteiger partial charge is 0.339 e. The molecule has 1 atom stereocenters. The van der Waals surface area contributed by atoms with Gasteiger partial charge in [-0.15, -0.1) is 11.3 Å². The zero-order valence-corrected chi connectivity index (χ0v) is 15.0. The second-order valence-electron chi connectivity index (χ2n) is 5.83. The molecule has 0 saturated carbocycles. The van der Waals surface area contributed by atoms with E-state index in [1.54, 1.807) is 38.4 Å². The zero-order chi connectivity index (χ0) is 18.0. The van der Waals surface area contributed by atoms with Crippen molar-refractivity contribution in [2.75, 3.05) is 14.1 Å². The second-order valence-corrected chi connectivity index (χ2v) is 6.78. The minimum Gasteiger partial charge on any atom is -0.449 e. The van der Waals surface area contributed by atoms with Crippen LogP contribution < -0.4 is 0 Å². The Balaban J connectivity index is 2.02. The maximum Gasteiger partial charge on any atom is 0.339 e. The molecular formula is C19H18N2O3S. The first-order chi connectivity index (χ1) is 12.0. The lowest BCUT2D eigenvalue weighted by molar-refractivity contribution is -0.137. The van der Waals surface area contributed by atoms with E-state index in [0.29, 0.717) is 22.2 Å². The van der Waals surface area contributed by atoms with E-state index in [9.17, 15) is 9.59 Å². The van der Waals surface area contributed by atoms with Crippen LogP contribution in [0.3, 0.4) is 0 Å². The molecular weight excluding hydrogens is 336 g/mol. The third kappa shape index (κ3) is 3.53. The molecule has 0 radical (unpaired) electrons. The van der Waals surface area contributed by atoms with Gasteiger partial charge in [-0.05, 0) is 30.5 Å². The minimum absolute atomic E-state index is 0.259. The van der Waals surface area contributed by atoms with Gasteiger partial charge in [-0.25, -0.2) is 9.78 Å². The van der Waals surface area contributed by atoms with Crippen molar-refractivity contribution in [1.82, 2.24) is 9.88 Å². The summed E-state index contributed by atoms with van der Waals surface area (Å²) in [4.78, 5) is 31.7. The van der Waals surface area contributed by atoms with Gasteiger partial charge in [-0.1, -0.05) is 24.3 Å². The number of benzene rings is 1. The van der Waals surface area contributed by atoms with Crippen LogP contribution in [-0.2, 0) is 9.53 Å². The van der Waals surface area contributed by atoms with Crippen LogP contribution in [0.2, 0.25) is 0 Å². The van der Waals surface area contributed by atoms with E-state index in [1.165, 1.54) is 4.90 Å². The van der Waals surface area contributed by atoms with Gasteiger partial charge in [0.25, 0.3) is 5.91 Å². The summed E-state index contributed by atoms with van der Waals surface area (Å²) in [6.45, 7) is 1.57. The summed E-state index contributed by atoms with van der Waals surface area (Å²) in [5.74, 6) is -0.788. The summed E-state index contributed by atoms with van der Waals surface area (Å²) in [6.07, 6.45) is -0.848. The van der Waals surface area contributed by atoms with E-state index in [1.807, 2.05) is 41.8 Å². The number of aromatic nitrogens is 1. The van der Waals surface area contributed by atoms with E-state index in [2.05, 4.69) is 4.98 Å². The molecule has 0 unspecified atom stereocenters. The third-order valence-electron chi connectivity index (χ3n) is 3.78. The first-order valence-electron chi connectivity index (χ1n) is 7.83. The maximum atomic E-state index is 12.7. The summed E-state index contributed by atoms with van der Waals surface area (Å²) < 4.78 is 5.39. The van der Waals surface area contributed by atoms with Gasteiger partial charge < -0.3 is 9.64 Å². The number of hydrogen-bond donors (Lipinski definition) is 0. The Hall–Kier alpha value is -2.73. The number of carbonyl (C=O) groups is 2. The fourth-order valence-electron chi connectivity index (χ4n) is 2.53. The molecule has 0 bridgehead atoms. The lowest BCUT2D eigenvalue weighted by Gasteiger charge is -2.18. The van der Waals surface area contributed by atoms with Crippen LogP contribution in [0.5, 0.6) is 0 Å². The van der Waals surface area contributed by atoms with Gasteiger partial charge in [0.1, 0.15) is 0 Å². The molecule has 5 nitrogen and oxygen atoms in total. The normalized spacial score (nSPS) is 12.0. The number of nitrogens with zero attached hydrogens (tertiary/aromatic N) is 2. The highest BCUT2D eigenvalue weighted by molar-refractivity contribution is 7.13. The molecule has 6 heteroatoms. The molecule has 0 N–H and O–H groups in total. The number of esters is 1. The van der Waals surface area contributed by atoms with E-state index in [0.717, 1.165) is 4.88 Å². The fraction of sp³-hybridized carbons (Fsp3) is 0.211. The first kappa shape index (κ1) is 17.1. The van der Waals surface area contributed by atoms with Crippen molar-refractivity contribution < 1.29 is 14.3 Å². The van der Waals surface area contributed by atoms with Crippen LogP contribution >= 0.6 is 11.3 Å². The van der Waals surface area contributed by atoms with Gasteiger partial charge >= 0.3 is 5.97 Å². The summed E-state index contributed by atoms with van der Waals surface area (Å²) in [5, 5.41) is 2.67. The molecule has 2 heterocycles. The number of amides is 1. The average Bonchev–Trinajstić information content (AvgIpc) is 3.14. The third-order valence-corrected chi connectivity index (χ3v) is 4.67. The van der Waals surface area contributed by atoms with Gasteiger partial charge in [-0.2, -0.15) is 0 Å². The number of ether oxygens (including phenoxy) is 1. The van der Waals surface area contributed by atoms with E-state index >= 15 is 0 Å². The molecule has 1 aromatic carbocycles. The summed E-state index contributed by atoms with van der Waals surface area (Å²) in [5.41, 5.74) is 1.84. The fourth-order valence-corrected chi connectivity index (χ4v) is 3.22. The first-order valence-corrected chi connectivity index (χ1v) is 8.71. The van der Waals surface area contributed by atoms with Crippen LogP contribution in [0.1, 0.15) is 17.3 Å². The number of hydrogen-bond acceptors (Lipinski definition) is 5. The van der Waals surface area contributed by atoms with Crippen molar-refractivity contribution in [3.8, 4) is 10.6 Å². The van der Waals surface area contributed by atoms with Crippen LogP contribution in [0.4, 0.5) is 0 Å². The zero-order valence-electron chi connectivity index (χ0n) is 14.2. The van der Waals surface area contributed by atoms with E-state index in [-0.39, 0.29) is 5.91 Å². The summed E-state index contributed by atoms with van der Waals surface area (Å²) in [6, 6.07) is 13.0. The van der Waals surface area contributed by atoms with E-state index < -0.39 is 12.1 Å². The van der Waals surface area contributed by atoms with Crippen LogP contribution in [-0.4, -0.2) is 42.0 Å². The summed E-state index contributed by atoms with van der Waals surface area (Å²) in [7, 11) is 3.26. The quantitative estimate of drug-likeness (QED) is 0.672. The highest BCUT2D eigenvalue weighted by atomic mass is 32.1. The Morgan fingerprint density at radius 2 is 1.92 bits per heavy atom. The average molecular weight is 354 g/mol. The Bertz CT molecular complexity index is 920. The number of para-hydroxylation sites is 1. The standard InChI is InChI=1S/C19H18N2O3S/c1-12(18(22)21(2)3)24-19(23)14-11-16(17-9-6-10-25-17)20-15-8-5-4-7-13(14)15/h4-12H,1-3H3/t12-/m1/s1. The number of rotatable bonds is 4. The lowest BCUT2D eigenvalue weighted by Crippen LogP contribution is -2.34. The topological polar surface area (TPSA) is 59.5 Å². The van der Waals surface area contributed by atoms with Gasteiger partial charge in [0.2, 0.25) is 0 Å². The Kier molecular flexibility index (Phi) is 4.81. The SMILES string of the molecule is C[C@@H](OC(=O)c1cc(-c2cccs2)nc2ccccc12)C(=O)N(C)C. The molecule has 3 rings (SSSR count). The molecule has 1 amide bonds. The largest absolute Gasteiger partial charge is 0.449 e. The van der Waals surface area contributed by atoms with Crippen molar-refractivity contribution in [1.29, 1.82) is 0 Å². The maximum absolute atomic E-state index is 12.7. The van der Waals surface area contributed by atoms with Gasteiger partial charge in [0.05, 0.1) is 21.7 Å². The molecule has 2 aromatic heterocycles. The molecule has 0 saturated heterocycles. The monoisotopic (exact) mass is 354 g/mol. The Morgan fingerprint density at radius 3 is 2.60 bits per heavy atom. The summed E-state index contributed by atoms with van der Waals surface area (Å²) >= 11 is 1.55. The molecule has 0 aliphatic rings. The van der Waals surface area contributed by atoms with Crippen LogP contribution in [0.15, 0.2) is 47.8 Å². The highest BCUT2D eigenvalue weighted by Gasteiger charge is 2.22. The predicted octanol–water partition coefficient (Wildman–Crippen LogP) is 3.60. The molecule has 0 spiro atoms. The number of likely N-dealkylation sites (N-methyl/N-ethyl adjacent to an activating group) is 1. The van der Waals surface area contributed by atoms with Crippen molar-refractivity contribution in [3.63, 3.8) is 0 Å². The molecule has 25 heavy (non-hydrogen) atoms. The Morgan fingerprint density at radius 1 is 1.16 bits per heavy atom. The van der Waals surface area contributed by atoms with E-state index in [4.69, 9.17) is 4.74 Å². The van der Waals surface area contributed by atoms with Gasteiger partial charge in [0.15, 0.2) is 6.10 Å². The van der Waals surface area contributed by atoms with Crippen molar-refractivity contribution >= 4 is 34.1 Å². The van der Waals surface area contributed by atoms with Crippen LogP contribution in [0.25, 0.3) is 21.5 Å². The Labute approximate surface area is 149 Å². The molecule has 0 aliphatic carbocycles. The number of fused-ring (bicyclic) bond motifs is 1. The van der Waals surface area contributed by atoms with Crippen molar-refractivity contribution in [3.05, 3.63) is 53.4 Å². The van der Waals surface area contributed by atoms with Crippen molar-refractivity contribution in [2.24, 2.45) is 0 Å². The lowest BCUT2D eigenvalue weighted by atomic mass is 10.1. The molecule has 3 aromatic rings. The number of thiophene rings is 1. The molecule has 0 fully saturated rings. The van der Waals surface area contributed by atoms with Gasteiger partial charge in [-0.3, -0.25) is 4.79 Å². The number of pyridine rings is 1. The van der Waals surface area contributed by atoms with Gasteiger partial charge in [0, 0.05) is 19.5 Å². The molecule has 0 aliphatic heterocycles. The predicted molar refractivity (Wildman–Crippen MR) is 98.6 cm³/mol. The van der Waals surface area contributed by atoms with Crippen LogP contribution in [0, 0.1) is 0 Å². The second kappa shape index (κ2) is 7.03. The van der Waals surface area contributed by atoms with Crippen molar-refractivity contribution in [2.45, 2.75) is 13.0 Å². The highest BCUT2D eigenvalue weighted by Crippen LogP contribution is 2.28. The minimum atomic E-state index is -0.848.